The molecule has 1 aromatic heterocycles. The van der Waals surface area contributed by atoms with Crippen LogP contribution in [0.25, 0.3) is 0 Å². The summed E-state index contributed by atoms with van der Waals surface area (Å²) in [5.74, 6) is -0.141. The van der Waals surface area contributed by atoms with Crippen molar-refractivity contribution in [1.29, 1.82) is 0 Å². The average molecular weight is 332 g/mol. The number of nitrogens with zero attached hydrogens (tertiary/aromatic N) is 1. The molecule has 1 aliphatic rings. The van der Waals surface area contributed by atoms with Crippen LogP contribution in [0.4, 0.5) is 5.69 Å². The van der Waals surface area contributed by atoms with Gasteiger partial charge in [-0.3, -0.25) is 9.78 Å². The van der Waals surface area contributed by atoms with Crippen LogP contribution in [0.2, 0.25) is 0 Å². The van der Waals surface area contributed by atoms with E-state index in [0.29, 0.717) is 5.56 Å². The molecule has 0 atom stereocenters. The van der Waals surface area contributed by atoms with Crippen LogP contribution in [0.3, 0.4) is 0 Å². The molecule has 2 N–H and O–H groups in total. The van der Waals surface area contributed by atoms with Gasteiger partial charge in [0.05, 0.1) is 5.56 Å². The van der Waals surface area contributed by atoms with Crippen molar-refractivity contribution in [2.75, 3.05) is 11.9 Å². The highest BCUT2D eigenvalue weighted by Crippen LogP contribution is 2.23. The molecule has 0 aliphatic carbocycles. The second-order valence-corrected chi connectivity index (χ2v) is 5.63. The van der Waals surface area contributed by atoms with E-state index in [-0.39, 0.29) is 5.91 Å². The summed E-state index contributed by atoms with van der Waals surface area (Å²) in [6, 6.07) is 7.80. The molecule has 0 saturated heterocycles. The van der Waals surface area contributed by atoms with E-state index in [1.54, 1.807) is 18.5 Å². The maximum absolute atomic E-state index is 12.3. The highest BCUT2D eigenvalue weighted by Gasteiger charge is 2.15. The molecule has 0 fully saturated rings. The lowest BCUT2D eigenvalue weighted by molar-refractivity contribution is 0.102. The van der Waals surface area contributed by atoms with Crippen molar-refractivity contribution in [3.05, 3.63) is 57.8 Å². The van der Waals surface area contributed by atoms with Crippen molar-refractivity contribution in [2.45, 2.75) is 13.0 Å². The fraction of sp³-hybridized carbons (Fsp3) is 0.200. The number of benzene rings is 1. The number of rotatable bonds is 2. The molecule has 0 saturated carbocycles. The minimum absolute atomic E-state index is 0.141. The number of halogens is 1. The first-order valence-corrected chi connectivity index (χ1v) is 7.27. The van der Waals surface area contributed by atoms with Crippen LogP contribution in [-0.4, -0.2) is 17.4 Å². The molecule has 5 heteroatoms. The van der Waals surface area contributed by atoms with Crippen LogP contribution in [0.5, 0.6) is 0 Å². The second kappa shape index (κ2) is 5.73. The smallest absolute Gasteiger partial charge is 0.257 e. The molecule has 102 valence electrons. The van der Waals surface area contributed by atoms with Gasteiger partial charge >= 0.3 is 0 Å². The van der Waals surface area contributed by atoms with E-state index in [4.69, 9.17) is 0 Å². The number of aromatic nitrogens is 1. The summed E-state index contributed by atoms with van der Waals surface area (Å²) in [4.78, 5) is 16.3. The van der Waals surface area contributed by atoms with Crippen LogP contribution in [0.1, 0.15) is 21.5 Å². The Bertz CT molecular complexity index is 657. The van der Waals surface area contributed by atoms with Crippen molar-refractivity contribution in [3.63, 3.8) is 0 Å². The minimum Gasteiger partial charge on any atom is -0.322 e. The van der Waals surface area contributed by atoms with Gasteiger partial charge in [0.1, 0.15) is 0 Å². The topological polar surface area (TPSA) is 54.0 Å². The van der Waals surface area contributed by atoms with E-state index >= 15 is 0 Å². The van der Waals surface area contributed by atoms with E-state index in [1.807, 2.05) is 12.1 Å². The van der Waals surface area contributed by atoms with Crippen LogP contribution in [0, 0.1) is 0 Å². The standard InChI is InChI=1S/C15H14BrN3O/c16-12-6-11(7-18-8-12)15(20)19-14-3-1-2-10-4-5-17-9-13(10)14/h1-3,6-8,17H,4-5,9H2,(H,19,20). The van der Waals surface area contributed by atoms with Crippen LogP contribution < -0.4 is 10.6 Å². The molecule has 3 rings (SSSR count). The third kappa shape index (κ3) is 2.73. The molecule has 0 spiro atoms. The summed E-state index contributed by atoms with van der Waals surface area (Å²) >= 11 is 3.32. The monoisotopic (exact) mass is 331 g/mol. The maximum Gasteiger partial charge on any atom is 0.257 e. The summed E-state index contributed by atoms with van der Waals surface area (Å²) in [6.07, 6.45) is 4.22. The zero-order valence-corrected chi connectivity index (χ0v) is 12.4. The van der Waals surface area contributed by atoms with Gasteiger partial charge in [0, 0.05) is 29.1 Å². The Balaban J connectivity index is 1.86. The van der Waals surface area contributed by atoms with Gasteiger partial charge in [-0.2, -0.15) is 0 Å². The number of nitrogens with one attached hydrogen (secondary N) is 2. The quantitative estimate of drug-likeness (QED) is 0.889. The van der Waals surface area contributed by atoms with Gasteiger partial charge in [-0.15, -0.1) is 0 Å². The number of fused-ring (bicyclic) bond motifs is 1. The fourth-order valence-electron chi connectivity index (χ4n) is 2.36. The van der Waals surface area contributed by atoms with Crippen molar-refractivity contribution in [1.82, 2.24) is 10.3 Å². The summed E-state index contributed by atoms with van der Waals surface area (Å²) in [6.45, 7) is 1.78. The zero-order valence-electron chi connectivity index (χ0n) is 10.8. The molecule has 0 bridgehead atoms. The molecular weight excluding hydrogens is 318 g/mol. The molecular formula is C15H14BrN3O. The predicted octanol–water partition coefficient (Wildman–Crippen LogP) is 2.74. The largest absolute Gasteiger partial charge is 0.322 e. The maximum atomic E-state index is 12.3. The van der Waals surface area contributed by atoms with Crippen molar-refractivity contribution in [3.8, 4) is 0 Å². The van der Waals surface area contributed by atoms with Crippen LogP contribution >= 0.6 is 15.9 Å². The van der Waals surface area contributed by atoms with Gasteiger partial charge in [0.2, 0.25) is 0 Å². The van der Waals surface area contributed by atoms with Gasteiger partial charge in [-0.25, -0.2) is 0 Å². The van der Waals surface area contributed by atoms with E-state index in [2.05, 4.69) is 37.6 Å². The Kier molecular flexibility index (Phi) is 3.80. The number of pyridine rings is 1. The van der Waals surface area contributed by atoms with Crippen molar-refractivity contribution in [2.24, 2.45) is 0 Å². The molecule has 2 aromatic rings. The van der Waals surface area contributed by atoms with Gasteiger partial charge < -0.3 is 10.6 Å². The predicted molar refractivity (Wildman–Crippen MR) is 81.7 cm³/mol. The Morgan fingerprint density at radius 2 is 2.25 bits per heavy atom. The van der Waals surface area contributed by atoms with Crippen LogP contribution in [0.15, 0.2) is 41.1 Å². The molecule has 0 unspecified atom stereocenters. The lowest BCUT2D eigenvalue weighted by Gasteiger charge is -2.20. The van der Waals surface area contributed by atoms with Crippen LogP contribution in [-0.2, 0) is 13.0 Å². The van der Waals surface area contributed by atoms with Crippen molar-refractivity contribution >= 4 is 27.5 Å². The van der Waals surface area contributed by atoms with Gasteiger partial charge in [0.15, 0.2) is 0 Å². The molecule has 1 aromatic carbocycles. The number of carbonyl (C=O) groups excluding carboxylic acids is 1. The summed E-state index contributed by atoms with van der Waals surface area (Å²) in [5, 5.41) is 6.31. The number of amides is 1. The lowest BCUT2D eigenvalue weighted by atomic mass is 9.99. The Labute approximate surface area is 125 Å². The van der Waals surface area contributed by atoms with E-state index in [0.717, 1.165) is 29.7 Å². The summed E-state index contributed by atoms with van der Waals surface area (Å²) in [5.41, 5.74) is 3.89. The number of carbonyl (C=O) groups is 1. The number of hydrogen-bond acceptors (Lipinski definition) is 3. The second-order valence-electron chi connectivity index (χ2n) is 4.72. The normalized spacial score (nSPS) is 13.7. The van der Waals surface area contributed by atoms with Gasteiger partial charge in [-0.1, -0.05) is 12.1 Å². The Hall–Kier alpha value is -1.72. The van der Waals surface area contributed by atoms with Gasteiger partial charge in [-0.05, 0) is 52.2 Å². The number of anilines is 1. The molecule has 20 heavy (non-hydrogen) atoms. The Morgan fingerprint density at radius 3 is 3.10 bits per heavy atom. The van der Waals surface area contributed by atoms with E-state index in [1.165, 1.54) is 11.1 Å². The molecule has 0 radical (unpaired) electrons. The first-order chi connectivity index (χ1) is 9.74. The highest BCUT2D eigenvalue weighted by atomic mass is 79.9. The first-order valence-electron chi connectivity index (χ1n) is 6.47. The highest BCUT2D eigenvalue weighted by molar-refractivity contribution is 9.10. The molecule has 1 amide bonds. The van der Waals surface area contributed by atoms with E-state index < -0.39 is 0 Å². The van der Waals surface area contributed by atoms with E-state index in [9.17, 15) is 4.79 Å². The molecule has 1 aliphatic heterocycles. The third-order valence-corrected chi connectivity index (χ3v) is 3.79. The zero-order chi connectivity index (χ0) is 13.9. The third-order valence-electron chi connectivity index (χ3n) is 3.36. The van der Waals surface area contributed by atoms with Gasteiger partial charge in [0.25, 0.3) is 5.91 Å². The fourth-order valence-corrected chi connectivity index (χ4v) is 2.73. The Morgan fingerprint density at radius 1 is 1.35 bits per heavy atom. The minimum atomic E-state index is -0.141. The lowest BCUT2D eigenvalue weighted by Crippen LogP contribution is -2.25. The summed E-state index contributed by atoms with van der Waals surface area (Å²) in [7, 11) is 0. The van der Waals surface area contributed by atoms with Crippen molar-refractivity contribution < 1.29 is 4.79 Å². The average Bonchev–Trinajstić information content (AvgIpc) is 2.47. The molecule has 4 nitrogen and oxygen atoms in total. The molecule has 2 heterocycles. The number of hydrogen-bond donors (Lipinski definition) is 2. The first kappa shape index (κ1) is 13.3. The summed E-state index contributed by atoms with van der Waals surface area (Å²) < 4.78 is 0.793. The SMILES string of the molecule is O=C(Nc1cccc2c1CNCC2)c1cncc(Br)c1.